The van der Waals surface area contributed by atoms with E-state index in [4.69, 9.17) is 0 Å². The first kappa shape index (κ1) is 15.2. The zero-order valence-corrected chi connectivity index (χ0v) is 13.7. The Morgan fingerprint density at radius 1 is 1.04 bits per heavy atom. The van der Waals surface area contributed by atoms with Crippen molar-refractivity contribution in [1.82, 2.24) is 9.88 Å². The average molecular weight is 318 g/mol. The van der Waals surface area contributed by atoms with Crippen LogP contribution in [-0.4, -0.2) is 34.6 Å². The molecule has 3 heteroatoms. The second-order valence-corrected chi connectivity index (χ2v) is 6.41. The number of aromatic nitrogens is 1. The Hall–Kier alpha value is -2.36. The smallest absolute Gasteiger partial charge is 0.0917 e. The lowest BCUT2D eigenvalue weighted by molar-refractivity contribution is 0.119. The van der Waals surface area contributed by atoms with Crippen LogP contribution in [0.5, 0.6) is 0 Å². The third kappa shape index (κ3) is 3.01. The van der Waals surface area contributed by atoms with Gasteiger partial charge in [-0.1, -0.05) is 54.6 Å². The lowest BCUT2D eigenvalue weighted by Gasteiger charge is -2.28. The summed E-state index contributed by atoms with van der Waals surface area (Å²) >= 11 is 0. The molecule has 3 nitrogen and oxygen atoms in total. The van der Waals surface area contributed by atoms with Crippen LogP contribution in [0, 0.1) is 0 Å². The zero-order chi connectivity index (χ0) is 16.4. The summed E-state index contributed by atoms with van der Waals surface area (Å²) in [5.41, 5.74) is 4.89. The number of β-amino-alcohol motifs (C(OH)–C–C–N with tert-alkyl or cyclic N) is 1. The molecule has 0 unspecified atom stereocenters. The van der Waals surface area contributed by atoms with E-state index in [0.29, 0.717) is 6.54 Å². The fraction of sp³-hybridized carbons (Fsp3) is 0.238. The fourth-order valence-electron chi connectivity index (χ4n) is 3.48. The van der Waals surface area contributed by atoms with Gasteiger partial charge in [-0.15, -0.1) is 0 Å². The predicted molar refractivity (Wildman–Crippen MR) is 98.7 cm³/mol. The largest absolute Gasteiger partial charge is 0.387 e. The average Bonchev–Trinajstić information content (AvgIpc) is 3.07. The van der Waals surface area contributed by atoms with Gasteiger partial charge in [0.15, 0.2) is 0 Å². The Labute approximate surface area is 142 Å². The Balaban J connectivity index is 1.46. The van der Waals surface area contributed by atoms with Crippen LogP contribution < -0.4 is 0 Å². The molecule has 122 valence electrons. The molecule has 1 aliphatic rings. The molecule has 4 rings (SSSR count). The van der Waals surface area contributed by atoms with E-state index in [0.717, 1.165) is 25.1 Å². The summed E-state index contributed by atoms with van der Waals surface area (Å²) in [6.45, 7) is 2.55. The Kier molecular flexibility index (Phi) is 4.20. The first-order valence-electron chi connectivity index (χ1n) is 8.52. The number of H-pyrrole nitrogens is 1. The molecule has 0 spiro atoms. The maximum atomic E-state index is 10.4. The van der Waals surface area contributed by atoms with Gasteiger partial charge in [-0.25, -0.2) is 0 Å². The minimum atomic E-state index is -0.422. The van der Waals surface area contributed by atoms with E-state index >= 15 is 0 Å². The SMILES string of the molecule is O[C@H](CN1CC=C(c2c[nH]c3ccccc23)CC1)c1ccccc1. The molecule has 0 fully saturated rings. The first-order chi connectivity index (χ1) is 11.8. The van der Waals surface area contributed by atoms with Crippen molar-refractivity contribution in [2.75, 3.05) is 19.6 Å². The quantitative estimate of drug-likeness (QED) is 0.763. The summed E-state index contributed by atoms with van der Waals surface area (Å²) < 4.78 is 0. The molecule has 1 atom stereocenters. The zero-order valence-electron chi connectivity index (χ0n) is 13.7. The van der Waals surface area contributed by atoms with Crippen molar-refractivity contribution in [2.24, 2.45) is 0 Å². The third-order valence-corrected chi connectivity index (χ3v) is 4.84. The molecule has 24 heavy (non-hydrogen) atoms. The van der Waals surface area contributed by atoms with Crippen LogP contribution in [0.4, 0.5) is 0 Å². The standard InChI is InChI=1S/C21H22N2O/c24-21(17-6-2-1-3-7-17)15-23-12-10-16(11-13-23)19-14-22-20-9-5-4-8-18(19)20/h1-10,14,21-22,24H,11-13,15H2/t21-/m1/s1. The number of aromatic amines is 1. The van der Waals surface area contributed by atoms with Crippen molar-refractivity contribution in [2.45, 2.75) is 12.5 Å². The highest BCUT2D eigenvalue weighted by molar-refractivity contribution is 5.92. The summed E-state index contributed by atoms with van der Waals surface area (Å²) in [7, 11) is 0. The van der Waals surface area contributed by atoms with Gasteiger partial charge in [0.25, 0.3) is 0 Å². The van der Waals surface area contributed by atoms with Gasteiger partial charge in [0.2, 0.25) is 0 Å². The van der Waals surface area contributed by atoms with Crippen LogP contribution in [0.2, 0.25) is 0 Å². The number of aliphatic hydroxyl groups is 1. The molecule has 0 aliphatic carbocycles. The molecule has 1 aliphatic heterocycles. The van der Waals surface area contributed by atoms with Gasteiger partial charge in [0.05, 0.1) is 6.10 Å². The Morgan fingerprint density at radius 3 is 2.62 bits per heavy atom. The maximum absolute atomic E-state index is 10.4. The lowest BCUT2D eigenvalue weighted by atomic mass is 9.98. The number of hydrogen-bond donors (Lipinski definition) is 2. The van der Waals surface area contributed by atoms with E-state index in [1.165, 1.54) is 22.0 Å². The molecule has 0 radical (unpaired) electrons. The van der Waals surface area contributed by atoms with Crippen LogP contribution in [0.1, 0.15) is 23.7 Å². The van der Waals surface area contributed by atoms with Gasteiger partial charge in [-0.05, 0) is 23.6 Å². The lowest BCUT2D eigenvalue weighted by Crippen LogP contribution is -2.32. The molecule has 2 heterocycles. The number of rotatable bonds is 4. The predicted octanol–water partition coefficient (Wildman–Crippen LogP) is 3.99. The van der Waals surface area contributed by atoms with Crippen molar-refractivity contribution in [3.05, 3.63) is 78.0 Å². The number of nitrogens with one attached hydrogen (secondary N) is 1. The van der Waals surface area contributed by atoms with E-state index in [1.807, 2.05) is 30.3 Å². The number of hydrogen-bond acceptors (Lipinski definition) is 2. The van der Waals surface area contributed by atoms with Gasteiger partial charge in [-0.2, -0.15) is 0 Å². The topological polar surface area (TPSA) is 39.3 Å². The van der Waals surface area contributed by atoms with Crippen molar-refractivity contribution in [1.29, 1.82) is 0 Å². The van der Waals surface area contributed by atoms with E-state index in [-0.39, 0.29) is 0 Å². The van der Waals surface area contributed by atoms with E-state index < -0.39 is 6.10 Å². The number of nitrogens with zero attached hydrogens (tertiary/aromatic N) is 1. The second kappa shape index (κ2) is 6.63. The van der Waals surface area contributed by atoms with Gasteiger partial charge in [0, 0.05) is 42.3 Å². The number of benzene rings is 2. The number of fused-ring (bicyclic) bond motifs is 1. The van der Waals surface area contributed by atoms with E-state index in [1.54, 1.807) is 0 Å². The minimum absolute atomic E-state index is 0.422. The van der Waals surface area contributed by atoms with Crippen LogP contribution in [0.15, 0.2) is 66.9 Å². The molecule has 0 amide bonds. The summed E-state index contributed by atoms with van der Waals surface area (Å²) in [4.78, 5) is 5.67. The van der Waals surface area contributed by atoms with Crippen LogP contribution in [0.3, 0.4) is 0 Å². The highest BCUT2D eigenvalue weighted by Crippen LogP contribution is 2.29. The van der Waals surface area contributed by atoms with E-state index in [2.05, 4.69) is 46.4 Å². The molecular formula is C21H22N2O. The molecule has 3 aromatic rings. The molecule has 0 saturated carbocycles. The molecule has 2 aromatic carbocycles. The van der Waals surface area contributed by atoms with Crippen molar-refractivity contribution < 1.29 is 5.11 Å². The Morgan fingerprint density at radius 2 is 1.83 bits per heavy atom. The normalized spacial score (nSPS) is 17.0. The van der Waals surface area contributed by atoms with Gasteiger partial charge in [0.1, 0.15) is 0 Å². The second-order valence-electron chi connectivity index (χ2n) is 6.41. The molecule has 2 N–H and O–H groups in total. The van der Waals surface area contributed by atoms with Crippen molar-refractivity contribution in [3.8, 4) is 0 Å². The summed E-state index contributed by atoms with van der Waals surface area (Å²) in [6, 6.07) is 18.3. The first-order valence-corrected chi connectivity index (χ1v) is 8.52. The maximum Gasteiger partial charge on any atom is 0.0917 e. The number of aliphatic hydroxyl groups excluding tert-OH is 1. The van der Waals surface area contributed by atoms with Crippen LogP contribution in [0.25, 0.3) is 16.5 Å². The highest BCUT2D eigenvalue weighted by Gasteiger charge is 2.18. The van der Waals surface area contributed by atoms with Gasteiger partial charge < -0.3 is 10.1 Å². The number of para-hydroxylation sites is 1. The summed E-state index contributed by atoms with van der Waals surface area (Å²) in [5.74, 6) is 0. The summed E-state index contributed by atoms with van der Waals surface area (Å²) in [6.07, 6.45) is 5.01. The highest BCUT2D eigenvalue weighted by atomic mass is 16.3. The van der Waals surface area contributed by atoms with Crippen LogP contribution >= 0.6 is 0 Å². The Bertz CT molecular complexity index is 850. The van der Waals surface area contributed by atoms with Gasteiger partial charge in [-0.3, -0.25) is 4.90 Å². The molecule has 1 aromatic heterocycles. The fourth-order valence-corrected chi connectivity index (χ4v) is 3.48. The van der Waals surface area contributed by atoms with Gasteiger partial charge >= 0.3 is 0 Å². The van der Waals surface area contributed by atoms with E-state index in [9.17, 15) is 5.11 Å². The molecule has 0 bridgehead atoms. The van der Waals surface area contributed by atoms with Crippen molar-refractivity contribution >= 4 is 16.5 Å². The summed E-state index contributed by atoms with van der Waals surface area (Å²) in [5, 5.41) is 11.7. The molecular weight excluding hydrogens is 296 g/mol. The monoisotopic (exact) mass is 318 g/mol. The van der Waals surface area contributed by atoms with Crippen molar-refractivity contribution in [3.63, 3.8) is 0 Å². The minimum Gasteiger partial charge on any atom is -0.387 e. The third-order valence-electron chi connectivity index (χ3n) is 4.84. The van der Waals surface area contributed by atoms with Crippen LogP contribution in [-0.2, 0) is 0 Å². The molecule has 0 saturated heterocycles.